The first-order valence-electron chi connectivity index (χ1n) is 10.9. The second kappa shape index (κ2) is 9.04. The van der Waals surface area contributed by atoms with Gasteiger partial charge in [0.15, 0.2) is 11.5 Å². The summed E-state index contributed by atoms with van der Waals surface area (Å²) in [6.07, 6.45) is 1.95. The van der Waals surface area contributed by atoms with Crippen LogP contribution in [0, 0.1) is 5.92 Å². The number of ether oxygens (including phenoxy) is 3. The summed E-state index contributed by atoms with van der Waals surface area (Å²) in [4.78, 5) is 33.6. The van der Waals surface area contributed by atoms with E-state index in [1.54, 1.807) is 23.2 Å². The number of aromatic nitrogens is 1. The van der Waals surface area contributed by atoms with Gasteiger partial charge < -0.3 is 29.3 Å². The van der Waals surface area contributed by atoms with E-state index >= 15 is 0 Å². The van der Waals surface area contributed by atoms with Crippen LogP contribution in [-0.2, 0) is 20.9 Å². The van der Waals surface area contributed by atoms with Crippen molar-refractivity contribution in [3.8, 4) is 11.5 Å². The van der Waals surface area contributed by atoms with Crippen LogP contribution < -0.4 is 24.6 Å². The monoisotopic (exact) mass is 438 g/mol. The van der Waals surface area contributed by atoms with E-state index < -0.39 is 5.92 Å². The minimum Gasteiger partial charge on any atom is -0.486 e. The van der Waals surface area contributed by atoms with Crippen LogP contribution in [0.1, 0.15) is 12.0 Å². The number of nitrogens with one attached hydrogen (secondary N) is 1. The van der Waals surface area contributed by atoms with Crippen molar-refractivity contribution in [1.82, 2.24) is 10.3 Å². The summed E-state index contributed by atoms with van der Waals surface area (Å²) < 4.78 is 16.6. The molecule has 0 radical (unpaired) electrons. The van der Waals surface area contributed by atoms with Gasteiger partial charge in [0, 0.05) is 50.6 Å². The zero-order valence-corrected chi connectivity index (χ0v) is 17.8. The Kier molecular flexibility index (Phi) is 5.81. The first kappa shape index (κ1) is 20.6. The summed E-state index contributed by atoms with van der Waals surface area (Å²) in [7, 11) is 0. The number of nitrogens with zero attached hydrogens (tertiary/aromatic N) is 3. The molecule has 0 spiro atoms. The smallest absolute Gasteiger partial charge is 0.227 e. The molecule has 5 rings (SSSR count). The van der Waals surface area contributed by atoms with Crippen molar-refractivity contribution in [2.45, 2.75) is 13.0 Å². The van der Waals surface area contributed by atoms with Crippen molar-refractivity contribution in [3.05, 3.63) is 42.1 Å². The summed E-state index contributed by atoms with van der Waals surface area (Å²) in [6.45, 7) is 4.75. The molecular formula is C23H26N4O5. The normalized spacial score (nSPS) is 20.4. The first-order chi connectivity index (χ1) is 15.7. The van der Waals surface area contributed by atoms with E-state index in [0.29, 0.717) is 51.0 Å². The van der Waals surface area contributed by atoms with E-state index in [2.05, 4.69) is 15.2 Å². The van der Waals surface area contributed by atoms with Crippen LogP contribution in [-0.4, -0.2) is 62.9 Å². The maximum atomic E-state index is 12.8. The number of rotatable bonds is 5. The van der Waals surface area contributed by atoms with Gasteiger partial charge in [-0.25, -0.2) is 4.98 Å². The van der Waals surface area contributed by atoms with Gasteiger partial charge in [0.1, 0.15) is 19.0 Å². The molecule has 9 heteroatoms. The average molecular weight is 438 g/mol. The molecular weight excluding hydrogens is 412 g/mol. The number of fused-ring (bicyclic) bond motifs is 1. The minimum atomic E-state index is -0.392. The largest absolute Gasteiger partial charge is 0.486 e. The second-order valence-electron chi connectivity index (χ2n) is 8.07. The highest BCUT2D eigenvalue weighted by molar-refractivity contribution is 6.00. The number of anilines is 2. The van der Waals surface area contributed by atoms with Crippen molar-refractivity contribution < 1.29 is 23.8 Å². The number of morpholine rings is 1. The van der Waals surface area contributed by atoms with Crippen molar-refractivity contribution in [2.24, 2.45) is 5.92 Å². The van der Waals surface area contributed by atoms with Gasteiger partial charge in [-0.2, -0.15) is 0 Å². The minimum absolute atomic E-state index is 0.0691. The lowest BCUT2D eigenvalue weighted by atomic mass is 10.1. The number of pyridine rings is 1. The molecule has 2 amide bonds. The third kappa shape index (κ3) is 4.34. The molecule has 0 saturated carbocycles. The Bertz CT molecular complexity index is 1010. The molecule has 3 aliphatic rings. The third-order valence-corrected chi connectivity index (χ3v) is 5.94. The number of amides is 2. The number of carbonyl (C=O) groups excluding carboxylic acids is 2. The zero-order valence-electron chi connectivity index (χ0n) is 17.8. The van der Waals surface area contributed by atoms with E-state index in [1.807, 2.05) is 18.2 Å². The molecule has 168 valence electrons. The number of hydrogen-bond donors (Lipinski definition) is 1. The highest BCUT2D eigenvalue weighted by atomic mass is 16.6. The quantitative estimate of drug-likeness (QED) is 0.753. The fourth-order valence-electron chi connectivity index (χ4n) is 4.20. The van der Waals surface area contributed by atoms with Crippen LogP contribution in [0.15, 0.2) is 36.5 Å². The highest BCUT2D eigenvalue weighted by Crippen LogP contribution is 2.36. The molecule has 9 nitrogen and oxygen atoms in total. The van der Waals surface area contributed by atoms with Gasteiger partial charge in [-0.3, -0.25) is 9.59 Å². The van der Waals surface area contributed by atoms with E-state index in [-0.39, 0.29) is 18.2 Å². The number of benzene rings is 1. The summed E-state index contributed by atoms with van der Waals surface area (Å²) in [5.74, 6) is 1.61. The Hall–Kier alpha value is -3.33. The predicted octanol–water partition coefficient (Wildman–Crippen LogP) is 1.36. The van der Waals surface area contributed by atoms with E-state index in [4.69, 9.17) is 14.2 Å². The lowest BCUT2D eigenvalue weighted by Gasteiger charge is -2.28. The summed E-state index contributed by atoms with van der Waals surface area (Å²) in [5, 5.41) is 2.98. The Labute approximate surface area is 186 Å². The van der Waals surface area contributed by atoms with E-state index in [9.17, 15) is 9.59 Å². The van der Waals surface area contributed by atoms with Crippen LogP contribution in [0.4, 0.5) is 11.5 Å². The molecule has 2 saturated heterocycles. The SMILES string of the molecule is O=C(NCc1ccnc(N2CCOCC2)c1)C1CC(=O)N(c2ccc3c(c2)OCCO3)C1. The molecule has 3 aliphatic heterocycles. The van der Waals surface area contributed by atoms with Gasteiger partial charge in [0.25, 0.3) is 0 Å². The van der Waals surface area contributed by atoms with Crippen LogP contribution >= 0.6 is 0 Å². The first-order valence-corrected chi connectivity index (χ1v) is 10.9. The van der Waals surface area contributed by atoms with Crippen LogP contribution in [0.3, 0.4) is 0 Å². The van der Waals surface area contributed by atoms with Gasteiger partial charge >= 0.3 is 0 Å². The molecule has 4 heterocycles. The standard InChI is InChI=1S/C23H26N4O5/c28-22-12-17(15-27(22)18-1-2-19-20(13-18)32-10-9-31-19)23(29)25-14-16-3-4-24-21(11-16)26-5-7-30-8-6-26/h1-4,11,13,17H,5-10,12,14-15H2,(H,25,29). The van der Waals surface area contributed by atoms with Crippen LogP contribution in [0.25, 0.3) is 0 Å². The molecule has 32 heavy (non-hydrogen) atoms. The third-order valence-electron chi connectivity index (χ3n) is 5.94. The van der Waals surface area contributed by atoms with Gasteiger partial charge in [0.05, 0.1) is 19.1 Å². The molecule has 2 aromatic rings. The number of carbonyl (C=O) groups is 2. The van der Waals surface area contributed by atoms with Crippen molar-refractivity contribution in [2.75, 3.05) is 55.9 Å². The van der Waals surface area contributed by atoms with Gasteiger partial charge in [0.2, 0.25) is 11.8 Å². The Balaban J connectivity index is 1.19. The summed E-state index contributed by atoms with van der Waals surface area (Å²) >= 11 is 0. The Morgan fingerprint density at radius 2 is 1.88 bits per heavy atom. The van der Waals surface area contributed by atoms with E-state index in [1.165, 1.54) is 0 Å². The zero-order chi connectivity index (χ0) is 21.9. The van der Waals surface area contributed by atoms with Gasteiger partial charge in [-0.05, 0) is 29.8 Å². The fraction of sp³-hybridized carbons (Fsp3) is 0.435. The fourth-order valence-corrected chi connectivity index (χ4v) is 4.20. The van der Waals surface area contributed by atoms with Gasteiger partial charge in [-0.1, -0.05) is 0 Å². The predicted molar refractivity (Wildman–Crippen MR) is 117 cm³/mol. The molecule has 1 unspecified atom stereocenters. The molecule has 1 aromatic carbocycles. The van der Waals surface area contributed by atoms with Crippen molar-refractivity contribution >= 4 is 23.3 Å². The molecule has 0 aliphatic carbocycles. The Morgan fingerprint density at radius 1 is 1.06 bits per heavy atom. The van der Waals surface area contributed by atoms with E-state index in [0.717, 1.165) is 30.2 Å². The maximum absolute atomic E-state index is 12.8. The maximum Gasteiger partial charge on any atom is 0.227 e. The molecule has 2 fully saturated rings. The van der Waals surface area contributed by atoms with Gasteiger partial charge in [-0.15, -0.1) is 0 Å². The van der Waals surface area contributed by atoms with Crippen LogP contribution in [0.2, 0.25) is 0 Å². The average Bonchev–Trinajstić information content (AvgIpc) is 3.24. The second-order valence-corrected chi connectivity index (χ2v) is 8.07. The van der Waals surface area contributed by atoms with Crippen molar-refractivity contribution in [3.63, 3.8) is 0 Å². The number of hydrogen-bond acceptors (Lipinski definition) is 7. The molecule has 1 aromatic heterocycles. The van der Waals surface area contributed by atoms with Crippen molar-refractivity contribution in [1.29, 1.82) is 0 Å². The topological polar surface area (TPSA) is 93.2 Å². The molecule has 1 N–H and O–H groups in total. The molecule has 1 atom stereocenters. The van der Waals surface area contributed by atoms with Crippen LogP contribution in [0.5, 0.6) is 11.5 Å². The lowest BCUT2D eigenvalue weighted by molar-refractivity contribution is -0.126. The molecule has 0 bridgehead atoms. The highest BCUT2D eigenvalue weighted by Gasteiger charge is 2.35. The Morgan fingerprint density at radius 3 is 2.72 bits per heavy atom. The summed E-state index contributed by atoms with van der Waals surface area (Å²) in [5.41, 5.74) is 1.70. The summed E-state index contributed by atoms with van der Waals surface area (Å²) in [6, 6.07) is 9.32. The lowest BCUT2D eigenvalue weighted by Crippen LogP contribution is -2.37.